The van der Waals surface area contributed by atoms with Crippen LogP contribution in [0.3, 0.4) is 0 Å². The van der Waals surface area contributed by atoms with Gasteiger partial charge in [-0.3, -0.25) is 5.32 Å². The van der Waals surface area contributed by atoms with Crippen molar-refractivity contribution in [2.24, 2.45) is 0 Å². The van der Waals surface area contributed by atoms with Gasteiger partial charge in [-0.1, -0.05) is 18.2 Å². The number of methoxy groups -OCH3 is 3. The van der Waals surface area contributed by atoms with E-state index in [1.54, 1.807) is 18.3 Å². The lowest BCUT2D eigenvalue weighted by Gasteiger charge is -2.15. The SMILES string of the molecule is COc1cc(OC(=O)NC2=CCC=CC=C2c2nc3ncccc3o2)cc(OC)c1OC. The molecule has 9 heteroatoms. The van der Waals surface area contributed by atoms with Crippen molar-refractivity contribution in [3.05, 3.63) is 66.4 Å². The van der Waals surface area contributed by atoms with Gasteiger partial charge < -0.3 is 23.4 Å². The molecule has 164 valence electrons. The Morgan fingerprint density at radius 3 is 2.59 bits per heavy atom. The molecule has 1 aliphatic rings. The molecule has 0 saturated carbocycles. The average Bonchev–Trinajstić information content (AvgIpc) is 3.10. The third kappa shape index (κ3) is 4.27. The molecule has 2 aromatic heterocycles. The summed E-state index contributed by atoms with van der Waals surface area (Å²) in [5.41, 5.74) is 2.13. The molecule has 0 radical (unpaired) electrons. The third-order valence-electron chi connectivity index (χ3n) is 4.63. The minimum atomic E-state index is -0.701. The van der Waals surface area contributed by atoms with E-state index in [4.69, 9.17) is 23.4 Å². The van der Waals surface area contributed by atoms with Crippen LogP contribution in [0.2, 0.25) is 0 Å². The lowest BCUT2D eigenvalue weighted by Crippen LogP contribution is -2.27. The molecule has 0 aliphatic heterocycles. The van der Waals surface area contributed by atoms with E-state index in [9.17, 15) is 4.79 Å². The predicted octanol–water partition coefficient (Wildman–Crippen LogP) is 4.26. The van der Waals surface area contributed by atoms with Gasteiger partial charge in [-0.15, -0.1) is 0 Å². The molecular weight excluding hydrogens is 414 g/mol. The number of pyridine rings is 1. The molecule has 3 aromatic rings. The molecule has 32 heavy (non-hydrogen) atoms. The zero-order valence-electron chi connectivity index (χ0n) is 17.7. The molecule has 1 aliphatic carbocycles. The third-order valence-corrected chi connectivity index (χ3v) is 4.63. The summed E-state index contributed by atoms with van der Waals surface area (Å²) in [5.74, 6) is 1.69. The highest BCUT2D eigenvalue weighted by atomic mass is 16.6. The van der Waals surface area contributed by atoms with Gasteiger partial charge in [-0.2, -0.15) is 4.98 Å². The fourth-order valence-corrected chi connectivity index (χ4v) is 3.18. The van der Waals surface area contributed by atoms with Crippen molar-refractivity contribution in [1.82, 2.24) is 15.3 Å². The monoisotopic (exact) mass is 435 g/mol. The number of nitrogens with one attached hydrogen (secondary N) is 1. The van der Waals surface area contributed by atoms with Crippen LogP contribution < -0.4 is 24.3 Å². The second kappa shape index (κ2) is 9.25. The largest absolute Gasteiger partial charge is 0.493 e. The van der Waals surface area contributed by atoms with E-state index >= 15 is 0 Å². The van der Waals surface area contributed by atoms with Crippen LogP contribution in [0.25, 0.3) is 16.8 Å². The molecule has 0 fully saturated rings. The highest BCUT2D eigenvalue weighted by Gasteiger charge is 2.20. The van der Waals surface area contributed by atoms with E-state index in [0.29, 0.717) is 52.1 Å². The van der Waals surface area contributed by atoms with Crippen molar-refractivity contribution in [1.29, 1.82) is 0 Å². The number of carbonyl (C=O) groups excluding carboxylic acids is 1. The van der Waals surface area contributed by atoms with Crippen molar-refractivity contribution >= 4 is 22.9 Å². The van der Waals surface area contributed by atoms with Gasteiger partial charge in [0.05, 0.1) is 32.6 Å². The van der Waals surface area contributed by atoms with Crippen molar-refractivity contribution in [2.75, 3.05) is 21.3 Å². The zero-order valence-corrected chi connectivity index (χ0v) is 17.7. The van der Waals surface area contributed by atoms with Crippen LogP contribution in [-0.4, -0.2) is 37.4 Å². The molecule has 1 N–H and O–H groups in total. The summed E-state index contributed by atoms with van der Waals surface area (Å²) in [6.07, 6.45) is 9.01. The number of rotatable bonds is 6. The number of fused-ring (bicyclic) bond motifs is 1. The van der Waals surface area contributed by atoms with Gasteiger partial charge in [0.15, 0.2) is 22.7 Å². The first-order chi connectivity index (χ1) is 15.6. The zero-order chi connectivity index (χ0) is 22.5. The summed E-state index contributed by atoms with van der Waals surface area (Å²) in [6, 6.07) is 6.62. The Balaban J connectivity index is 1.57. The Kier molecular flexibility index (Phi) is 6.07. The molecule has 9 nitrogen and oxygen atoms in total. The van der Waals surface area contributed by atoms with Crippen molar-refractivity contribution in [2.45, 2.75) is 6.42 Å². The van der Waals surface area contributed by atoms with Crippen LogP contribution in [0.1, 0.15) is 12.3 Å². The Hall–Kier alpha value is -4.27. The van der Waals surface area contributed by atoms with E-state index in [-0.39, 0.29) is 5.75 Å². The second-order valence-electron chi connectivity index (χ2n) is 6.58. The van der Waals surface area contributed by atoms with Crippen LogP contribution >= 0.6 is 0 Å². The fourth-order valence-electron chi connectivity index (χ4n) is 3.18. The van der Waals surface area contributed by atoms with Crippen molar-refractivity contribution in [3.8, 4) is 23.0 Å². The number of benzene rings is 1. The van der Waals surface area contributed by atoms with Gasteiger partial charge >= 0.3 is 6.09 Å². The van der Waals surface area contributed by atoms with E-state index < -0.39 is 6.09 Å². The number of aromatic nitrogens is 2. The van der Waals surface area contributed by atoms with Gasteiger partial charge in [0.1, 0.15) is 5.75 Å². The lowest BCUT2D eigenvalue weighted by atomic mass is 10.1. The Morgan fingerprint density at radius 1 is 1.12 bits per heavy atom. The fraction of sp³-hybridized carbons (Fsp3) is 0.174. The maximum absolute atomic E-state index is 12.7. The van der Waals surface area contributed by atoms with Gasteiger partial charge in [0.2, 0.25) is 11.6 Å². The summed E-state index contributed by atoms with van der Waals surface area (Å²) < 4.78 is 27.2. The molecule has 1 aromatic carbocycles. The Morgan fingerprint density at radius 2 is 1.91 bits per heavy atom. The van der Waals surface area contributed by atoms with E-state index in [1.165, 1.54) is 33.5 Å². The van der Waals surface area contributed by atoms with Crippen LogP contribution in [-0.2, 0) is 0 Å². The predicted molar refractivity (Wildman–Crippen MR) is 117 cm³/mol. The van der Waals surface area contributed by atoms with Crippen LogP contribution in [0.15, 0.2) is 64.9 Å². The Bertz CT molecular complexity index is 1180. The van der Waals surface area contributed by atoms with Crippen LogP contribution in [0, 0.1) is 0 Å². The van der Waals surface area contributed by atoms with E-state index in [2.05, 4.69) is 15.3 Å². The smallest absolute Gasteiger partial charge is 0.417 e. The normalized spacial score (nSPS) is 13.1. The molecular formula is C23H21N3O6. The van der Waals surface area contributed by atoms with Gasteiger partial charge in [0, 0.05) is 18.3 Å². The topological polar surface area (TPSA) is 105 Å². The van der Waals surface area contributed by atoms with Crippen LogP contribution in [0.5, 0.6) is 23.0 Å². The van der Waals surface area contributed by atoms with Crippen molar-refractivity contribution < 1.29 is 28.2 Å². The number of ether oxygens (including phenoxy) is 4. The first kappa shape index (κ1) is 21.0. The standard InChI is InChI=1S/C23H21N3O6/c1-28-18-12-14(13-19(29-2)20(18)30-3)31-23(27)25-16-9-6-4-5-8-15(16)22-26-21-17(32-22)10-7-11-24-21/h4-5,7-13H,6H2,1-3H3,(H,25,27). The lowest BCUT2D eigenvalue weighted by molar-refractivity contribution is 0.203. The molecule has 0 atom stereocenters. The molecule has 0 spiro atoms. The summed E-state index contributed by atoms with van der Waals surface area (Å²) in [4.78, 5) is 21.3. The average molecular weight is 435 g/mol. The first-order valence-electron chi connectivity index (χ1n) is 9.71. The minimum Gasteiger partial charge on any atom is -0.493 e. The molecule has 1 amide bonds. The summed E-state index contributed by atoms with van der Waals surface area (Å²) in [6.45, 7) is 0. The maximum Gasteiger partial charge on any atom is 0.417 e. The number of allylic oxidation sites excluding steroid dienone is 5. The summed E-state index contributed by atoms with van der Waals surface area (Å²) in [7, 11) is 4.46. The molecule has 0 bridgehead atoms. The second-order valence-corrected chi connectivity index (χ2v) is 6.58. The highest BCUT2D eigenvalue weighted by Crippen LogP contribution is 2.40. The van der Waals surface area contributed by atoms with Gasteiger partial charge in [-0.25, -0.2) is 9.78 Å². The maximum atomic E-state index is 12.7. The number of nitrogens with zero attached hydrogens (tertiary/aromatic N) is 2. The molecule has 0 unspecified atom stereocenters. The molecule has 0 saturated heterocycles. The van der Waals surface area contributed by atoms with E-state index in [1.807, 2.05) is 24.3 Å². The minimum absolute atomic E-state index is 0.223. The number of hydrogen-bond donors (Lipinski definition) is 1. The first-order valence-corrected chi connectivity index (χ1v) is 9.71. The van der Waals surface area contributed by atoms with Gasteiger partial charge in [0.25, 0.3) is 0 Å². The molecule has 4 rings (SSSR count). The van der Waals surface area contributed by atoms with Crippen molar-refractivity contribution in [3.63, 3.8) is 0 Å². The summed E-state index contributed by atoms with van der Waals surface area (Å²) in [5, 5.41) is 2.76. The summed E-state index contributed by atoms with van der Waals surface area (Å²) >= 11 is 0. The quantitative estimate of drug-likeness (QED) is 0.612. The number of carbonyl (C=O) groups is 1. The van der Waals surface area contributed by atoms with Gasteiger partial charge in [-0.05, 0) is 24.6 Å². The molecule has 2 heterocycles. The van der Waals surface area contributed by atoms with E-state index in [0.717, 1.165) is 0 Å². The number of hydrogen-bond acceptors (Lipinski definition) is 8. The van der Waals surface area contributed by atoms with Crippen LogP contribution in [0.4, 0.5) is 4.79 Å². The highest BCUT2D eigenvalue weighted by molar-refractivity contribution is 5.85. The number of oxazole rings is 1. The Labute approximate surface area is 184 Å². The number of amides is 1.